The lowest BCUT2D eigenvalue weighted by atomic mass is 10.1. The highest BCUT2D eigenvalue weighted by atomic mass is 19.1. The highest BCUT2D eigenvalue weighted by Gasteiger charge is 2.08. The number of hydrogen-bond acceptors (Lipinski definition) is 2. The van der Waals surface area contributed by atoms with E-state index < -0.39 is 0 Å². The average Bonchev–Trinajstić information content (AvgIpc) is 2.88. The molecule has 0 saturated heterocycles. The molecule has 0 aliphatic heterocycles. The summed E-state index contributed by atoms with van der Waals surface area (Å²) in [5, 5.41) is 3.33. The monoisotopic (exact) mass is 247 g/mol. The van der Waals surface area contributed by atoms with Crippen LogP contribution in [0.2, 0.25) is 0 Å². The Bertz CT molecular complexity index is 468. The van der Waals surface area contributed by atoms with Crippen LogP contribution in [0.15, 0.2) is 43.0 Å². The van der Waals surface area contributed by atoms with Crippen LogP contribution >= 0.6 is 0 Å². The Morgan fingerprint density at radius 2 is 2.22 bits per heavy atom. The van der Waals surface area contributed by atoms with Gasteiger partial charge in [-0.05, 0) is 26.0 Å². The van der Waals surface area contributed by atoms with Crippen molar-refractivity contribution >= 4 is 0 Å². The lowest BCUT2D eigenvalue weighted by molar-refractivity contribution is 0.503. The highest BCUT2D eigenvalue weighted by Crippen LogP contribution is 2.15. The predicted molar refractivity (Wildman–Crippen MR) is 69.7 cm³/mol. The van der Waals surface area contributed by atoms with Crippen molar-refractivity contribution in [2.24, 2.45) is 0 Å². The van der Waals surface area contributed by atoms with Gasteiger partial charge in [0.1, 0.15) is 5.82 Å². The Labute approximate surface area is 107 Å². The first-order valence-corrected chi connectivity index (χ1v) is 6.21. The topological polar surface area (TPSA) is 29.9 Å². The van der Waals surface area contributed by atoms with Crippen molar-refractivity contribution in [1.82, 2.24) is 14.9 Å². The minimum absolute atomic E-state index is 0.0361. The average molecular weight is 247 g/mol. The van der Waals surface area contributed by atoms with E-state index in [4.69, 9.17) is 0 Å². The van der Waals surface area contributed by atoms with Gasteiger partial charge in [-0.15, -0.1) is 0 Å². The number of aryl methyl sites for hydroxylation is 1. The Morgan fingerprint density at radius 1 is 1.39 bits per heavy atom. The third-order valence-electron chi connectivity index (χ3n) is 2.97. The van der Waals surface area contributed by atoms with Crippen molar-refractivity contribution < 1.29 is 4.39 Å². The minimum Gasteiger partial charge on any atom is -0.337 e. The molecule has 2 rings (SSSR count). The molecule has 1 atom stereocenters. The second-order valence-electron chi connectivity index (χ2n) is 4.35. The second kappa shape index (κ2) is 6.31. The molecule has 0 aliphatic rings. The quantitative estimate of drug-likeness (QED) is 0.795. The number of aromatic nitrogens is 2. The summed E-state index contributed by atoms with van der Waals surface area (Å²) >= 11 is 0. The summed E-state index contributed by atoms with van der Waals surface area (Å²) in [5.41, 5.74) is 0.722. The third kappa shape index (κ3) is 3.40. The van der Waals surface area contributed by atoms with Crippen LogP contribution in [0.3, 0.4) is 0 Å². The Kier molecular flexibility index (Phi) is 4.47. The van der Waals surface area contributed by atoms with Crippen LogP contribution in [-0.4, -0.2) is 16.1 Å². The Morgan fingerprint density at radius 3 is 2.94 bits per heavy atom. The molecule has 0 saturated carbocycles. The summed E-state index contributed by atoms with van der Waals surface area (Å²) in [6.07, 6.45) is 6.52. The van der Waals surface area contributed by atoms with Gasteiger partial charge in [-0.1, -0.05) is 18.2 Å². The van der Waals surface area contributed by atoms with E-state index in [1.807, 2.05) is 29.8 Å². The molecule has 1 aromatic heterocycles. The predicted octanol–water partition coefficient (Wildman–Crippen LogP) is 2.76. The fourth-order valence-corrected chi connectivity index (χ4v) is 1.94. The highest BCUT2D eigenvalue weighted by molar-refractivity contribution is 5.20. The molecule has 0 amide bonds. The van der Waals surface area contributed by atoms with Crippen LogP contribution in [0.1, 0.15) is 24.9 Å². The summed E-state index contributed by atoms with van der Waals surface area (Å²) in [6.45, 7) is 3.76. The smallest absolute Gasteiger partial charge is 0.127 e. The number of hydrogen-bond donors (Lipinski definition) is 1. The van der Waals surface area contributed by atoms with E-state index in [0.717, 1.165) is 25.1 Å². The molecule has 0 aliphatic carbocycles. The van der Waals surface area contributed by atoms with E-state index in [2.05, 4.69) is 10.3 Å². The number of imidazole rings is 1. The van der Waals surface area contributed by atoms with Crippen LogP contribution in [0, 0.1) is 5.82 Å². The zero-order valence-electron chi connectivity index (χ0n) is 10.5. The van der Waals surface area contributed by atoms with E-state index in [9.17, 15) is 4.39 Å². The van der Waals surface area contributed by atoms with Gasteiger partial charge in [0.25, 0.3) is 0 Å². The summed E-state index contributed by atoms with van der Waals surface area (Å²) in [4.78, 5) is 3.99. The molecular weight excluding hydrogens is 229 g/mol. The maximum atomic E-state index is 13.5. The van der Waals surface area contributed by atoms with E-state index in [1.54, 1.807) is 18.6 Å². The molecule has 96 valence electrons. The van der Waals surface area contributed by atoms with Crippen molar-refractivity contribution in [2.45, 2.75) is 25.9 Å². The zero-order valence-corrected chi connectivity index (χ0v) is 10.5. The number of nitrogens with zero attached hydrogens (tertiary/aromatic N) is 2. The number of rotatable bonds is 6. The fourth-order valence-electron chi connectivity index (χ4n) is 1.94. The minimum atomic E-state index is -0.146. The summed E-state index contributed by atoms with van der Waals surface area (Å²) in [5.74, 6) is -0.146. The van der Waals surface area contributed by atoms with Gasteiger partial charge in [0.15, 0.2) is 0 Å². The molecule has 3 nitrogen and oxygen atoms in total. The summed E-state index contributed by atoms with van der Waals surface area (Å²) in [7, 11) is 0. The van der Waals surface area contributed by atoms with Gasteiger partial charge in [0, 0.05) is 30.5 Å². The number of halogens is 1. The summed E-state index contributed by atoms with van der Waals surface area (Å²) in [6, 6.07) is 6.93. The van der Waals surface area contributed by atoms with Crippen molar-refractivity contribution in [3.8, 4) is 0 Å². The van der Waals surface area contributed by atoms with Gasteiger partial charge in [0.05, 0.1) is 6.33 Å². The fraction of sp³-hybridized carbons (Fsp3) is 0.357. The molecule has 0 unspecified atom stereocenters. The third-order valence-corrected chi connectivity index (χ3v) is 2.97. The SMILES string of the molecule is C[C@@H](NCCCn1ccnc1)c1ccccc1F. The molecule has 2 aromatic rings. The lowest BCUT2D eigenvalue weighted by Gasteiger charge is -2.14. The summed E-state index contributed by atoms with van der Waals surface area (Å²) < 4.78 is 15.6. The lowest BCUT2D eigenvalue weighted by Crippen LogP contribution is -2.21. The molecule has 18 heavy (non-hydrogen) atoms. The largest absolute Gasteiger partial charge is 0.337 e. The molecule has 1 aromatic carbocycles. The van der Waals surface area contributed by atoms with Gasteiger partial charge in [0.2, 0.25) is 0 Å². The van der Waals surface area contributed by atoms with E-state index >= 15 is 0 Å². The standard InChI is InChI=1S/C14H18FN3/c1-12(13-5-2-3-6-14(13)15)17-7-4-9-18-10-8-16-11-18/h2-3,5-6,8,10-12,17H,4,7,9H2,1H3/t12-/m1/s1. The molecule has 1 heterocycles. The first-order chi connectivity index (χ1) is 8.77. The van der Waals surface area contributed by atoms with E-state index in [0.29, 0.717) is 0 Å². The first kappa shape index (κ1) is 12.8. The van der Waals surface area contributed by atoms with E-state index in [1.165, 1.54) is 6.07 Å². The van der Waals surface area contributed by atoms with Gasteiger partial charge in [-0.25, -0.2) is 9.37 Å². The van der Waals surface area contributed by atoms with Crippen molar-refractivity contribution in [1.29, 1.82) is 0 Å². The van der Waals surface area contributed by atoms with Crippen LogP contribution in [-0.2, 0) is 6.54 Å². The van der Waals surface area contributed by atoms with Crippen LogP contribution in [0.25, 0.3) is 0 Å². The maximum Gasteiger partial charge on any atom is 0.127 e. The number of nitrogens with one attached hydrogen (secondary N) is 1. The molecule has 0 spiro atoms. The van der Waals surface area contributed by atoms with Gasteiger partial charge in [-0.2, -0.15) is 0 Å². The second-order valence-corrected chi connectivity index (χ2v) is 4.35. The van der Waals surface area contributed by atoms with Crippen LogP contribution in [0.5, 0.6) is 0 Å². The van der Waals surface area contributed by atoms with Crippen molar-refractivity contribution in [2.75, 3.05) is 6.54 Å². The molecule has 0 radical (unpaired) electrons. The Hall–Kier alpha value is -1.68. The zero-order chi connectivity index (χ0) is 12.8. The van der Waals surface area contributed by atoms with Crippen LogP contribution < -0.4 is 5.32 Å². The van der Waals surface area contributed by atoms with Crippen LogP contribution in [0.4, 0.5) is 4.39 Å². The maximum absolute atomic E-state index is 13.5. The Balaban J connectivity index is 1.75. The molecular formula is C14H18FN3. The van der Waals surface area contributed by atoms with Gasteiger partial charge >= 0.3 is 0 Å². The van der Waals surface area contributed by atoms with Crippen molar-refractivity contribution in [3.63, 3.8) is 0 Å². The number of benzene rings is 1. The molecule has 1 N–H and O–H groups in total. The van der Waals surface area contributed by atoms with Gasteiger partial charge in [-0.3, -0.25) is 0 Å². The van der Waals surface area contributed by atoms with Crippen molar-refractivity contribution in [3.05, 3.63) is 54.4 Å². The van der Waals surface area contributed by atoms with E-state index in [-0.39, 0.29) is 11.9 Å². The molecule has 0 bridgehead atoms. The first-order valence-electron chi connectivity index (χ1n) is 6.21. The molecule has 0 fully saturated rings. The normalized spacial score (nSPS) is 12.6. The molecule has 4 heteroatoms. The van der Waals surface area contributed by atoms with Gasteiger partial charge < -0.3 is 9.88 Å².